The Bertz CT molecular complexity index is 1130. The molecule has 0 saturated carbocycles. The second-order valence-electron chi connectivity index (χ2n) is 8.45. The first-order valence-corrected chi connectivity index (χ1v) is 12.6. The van der Waals surface area contributed by atoms with Gasteiger partial charge in [0, 0.05) is 45.6 Å². The van der Waals surface area contributed by atoms with Crippen molar-refractivity contribution in [3.8, 4) is 5.75 Å². The SMILES string of the molecule is COc1ccc(NC(=O)CN(C)C(=O)c2cc(S(=O)(=O)N(C)C)ccc2N2CCCCC2)cc1. The van der Waals surface area contributed by atoms with E-state index >= 15 is 0 Å². The number of nitrogens with zero attached hydrogens (tertiary/aromatic N) is 3. The average molecular weight is 489 g/mol. The highest BCUT2D eigenvalue weighted by Gasteiger charge is 2.26. The Labute approximate surface area is 201 Å². The van der Waals surface area contributed by atoms with Crippen molar-refractivity contribution >= 4 is 33.2 Å². The number of rotatable bonds is 8. The summed E-state index contributed by atoms with van der Waals surface area (Å²) in [6.07, 6.45) is 3.13. The van der Waals surface area contributed by atoms with Crippen molar-refractivity contribution in [2.45, 2.75) is 24.2 Å². The van der Waals surface area contributed by atoms with Crippen molar-refractivity contribution in [2.75, 3.05) is 58.1 Å². The number of likely N-dealkylation sites (N-methyl/N-ethyl adjacent to an activating group) is 1. The van der Waals surface area contributed by atoms with Crippen LogP contribution in [0.4, 0.5) is 11.4 Å². The summed E-state index contributed by atoms with van der Waals surface area (Å²) >= 11 is 0. The van der Waals surface area contributed by atoms with Gasteiger partial charge in [-0.15, -0.1) is 0 Å². The molecular weight excluding hydrogens is 456 g/mol. The topological polar surface area (TPSA) is 99.3 Å². The average Bonchev–Trinajstić information content (AvgIpc) is 2.84. The van der Waals surface area contributed by atoms with E-state index in [1.807, 2.05) is 0 Å². The summed E-state index contributed by atoms with van der Waals surface area (Å²) in [7, 11) is 2.27. The van der Waals surface area contributed by atoms with Crippen molar-refractivity contribution < 1.29 is 22.7 Å². The fourth-order valence-corrected chi connectivity index (χ4v) is 4.76. The van der Waals surface area contributed by atoms with Crippen LogP contribution < -0.4 is 15.0 Å². The molecule has 0 aliphatic carbocycles. The van der Waals surface area contributed by atoms with Crippen LogP contribution in [-0.2, 0) is 14.8 Å². The van der Waals surface area contributed by atoms with Crippen LogP contribution in [0.2, 0.25) is 0 Å². The third-order valence-electron chi connectivity index (χ3n) is 5.78. The van der Waals surface area contributed by atoms with E-state index < -0.39 is 15.9 Å². The van der Waals surface area contributed by atoms with Crippen molar-refractivity contribution in [1.29, 1.82) is 0 Å². The third kappa shape index (κ3) is 5.87. The Kier molecular flexibility index (Phi) is 8.16. The van der Waals surface area contributed by atoms with Gasteiger partial charge < -0.3 is 19.9 Å². The number of piperidine rings is 1. The van der Waals surface area contributed by atoms with Gasteiger partial charge in [-0.2, -0.15) is 0 Å². The second kappa shape index (κ2) is 10.9. The molecule has 10 heteroatoms. The van der Waals surface area contributed by atoms with E-state index in [-0.39, 0.29) is 22.9 Å². The molecule has 3 rings (SSSR count). The van der Waals surface area contributed by atoms with Crippen LogP contribution in [-0.4, -0.2) is 77.3 Å². The minimum absolute atomic E-state index is 0.0395. The molecule has 2 aromatic carbocycles. The van der Waals surface area contributed by atoms with Crippen LogP contribution in [0, 0.1) is 0 Å². The molecule has 0 unspecified atom stereocenters. The predicted molar refractivity (Wildman–Crippen MR) is 132 cm³/mol. The highest BCUT2D eigenvalue weighted by molar-refractivity contribution is 7.89. The van der Waals surface area contributed by atoms with Crippen molar-refractivity contribution in [3.63, 3.8) is 0 Å². The molecule has 0 atom stereocenters. The summed E-state index contributed by atoms with van der Waals surface area (Å²) in [5, 5.41) is 2.76. The van der Waals surface area contributed by atoms with Gasteiger partial charge in [0.15, 0.2) is 0 Å². The lowest BCUT2D eigenvalue weighted by atomic mass is 10.1. The molecule has 2 amide bonds. The lowest BCUT2D eigenvalue weighted by Gasteiger charge is -2.31. The summed E-state index contributed by atoms with van der Waals surface area (Å²) in [6.45, 7) is 1.40. The molecule has 0 radical (unpaired) electrons. The van der Waals surface area contributed by atoms with E-state index in [1.165, 1.54) is 38.2 Å². The zero-order valence-corrected chi connectivity index (χ0v) is 20.9. The van der Waals surface area contributed by atoms with Gasteiger partial charge in [0.2, 0.25) is 15.9 Å². The molecule has 1 N–H and O–H groups in total. The number of hydrogen-bond acceptors (Lipinski definition) is 6. The number of carbonyl (C=O) groups excluding carboxylic acids is 2. The van der Waals surface area contributed by atoms with Crippen LogP contribution in [0.1, 0.15) is 29.6 Å². The van der Waals surface area contributed by atoms with E-state index in [1.54, 1.807) is 37.4 Å². The number of benzene rings is 2. The number of methoxy groups -OCH3 is 1. The van der Waals surface area contributed by atoms with Crippen LogP contribution in [0.25, 0.3) is 0 Å². The molecule has 2 aromatic rings. The standard InChI is InChI=1S/C24H32N4O5S/c1-26(2)34(31,32)20-12-13-22(28-14-6-5-7-15-28)21(16-20)24(30)27(3)17-23(29)25-18-8-10-19(33-4)11-9-18/h8-13,16H,5-7,14-15,17H2,1-4H3,(H,25,29). The molecule has 0 spiro atoms. The van der Waals surface area contributed by atoms with Gasteiger partial charge in [-0.25, -0.2) is 12.7 Å². The zero-order chi connectivity index (χ0) is 24.9. The maximum atomic E-state index is 13.4. The minimum Gasteiger partial charge on any atom is -0.497 e. The largest absolute Gasteiger partial charge is 0.497 e. The third-order valence-corrected chi connectivity index (χ3v) is 7.59. The number of carbonyl (C=O) groups is 2. The lowest BCUT2D eigenvalue weighted by Crippen LogP contribution is -2.37. The van der Waals surface area contributed by atoms with E-state index in [0.717, 1.165) is 36.7 Å². The quantitative estimate of drug-likeness (QED) is 0.613. The van der Waals surface area contributed by atoms with Crippen LogP contribution in [0.15, 0.2) is 47.4 Å². The number of ether oxygens (including phenoxy) is 1. The van der Waals surface area contributed by atoms with E-state index in [0.29, 0.717) is 17.1 Å². The minimum atomic E-state index is -3.72. The Morgan fingerprint density at radius 2 is 1.65 bits per heavy atom. The molecule has 1 aliphatic heterocycles. The van der Waals surface area contributed by atoms with Crippen LogP contribution >= 0.6 is 0 Å². The number of hydrogen-bond donors (Lipinski definition) is 1. The summed E-state index contributed by atoms with van der Waals surface area (Å²) in [4.78, 5) is 29.4. The first kappa shape index (κ1) is 25.5. The van der Waals surface area contributed by atoms with Crippen LogP contribution in [0.3, 0.4) is 0 Å². The lowest BCUT2D eigenvalue weighted by molar-refractivity contribution is -0.116. The Balaban J connectivity index is 1.84. The Morgan fingerprint density at radius 1 is 1.00 bits per heavy atom. The van der Waals surface area contributed by atoms with Gasteiger partial charge in [-0.3, -0.25) is 9.59 Å². The number of sulfonamides is 1. The van der Waals surface area contributed by atoms with Crippen molar-refractivity contribution in [2.24, 2.45) is 0 Å². The number of amides is 2. The van der Waals surface area contributed by atoms with Gasteiger partial charge in [0.05, 0.1) is 24.1 Å². The summed E-state index contributed by atoms with van der Waals surface area (Å²) in [5.74, 6) is -0.109. The fraction of sp³-hybridized carbons (Fsp3) is 0.417. The van der Waals surface area contributed by atoms with Crippen molar-refractivity contribution in [1.82, 2.24) is 9.21 Å². The summed E-state index contributed by atoms with van der Waals surface area (Å²) in [5.41, 5.74) is 1.54. The smallest absolute Gasteiger partial charge is 0.256 e. The van der Waals surface area contributed by atoms with Gasteiger partial charge in [-0.1, -0.05) is 0 Å². The van der Waals surface area contributed by atoms with Crippen LogP contribution in [0.5, 0.6) is 5.75 Å². The van der Waals surface area contributed by atoms with E-state index in [4.69, 9.17) is 4.74 Å². The van der Waals surface area contributed by atoms with Gasteiger partial charge in [0.1, 0.15) is 5.75 Å². The molecule has 1 fully saturated rings. The normalized spacial score (nSPS) is 14.1. The molecular formula is C24H32N4O5S. The van der Waals surface area contributed by atoms with Gasteiger partial charge in [0.25, 0.3) is 5.91 Å². The molecule has 9 nitrogen and oxygen atoms in total. The molecule has 34 heavy (non-hydrogen) atoms. The Morgan fingerprint density at radius 3 is 2.24 bits per heavy atom. The first-order valence-electron chi connectivity index (χ1n) is 11.1. The maximum absolute atomic E-state index is 13.4. The maximum Gasteiger partial charge on any atom is 0.256 e. The van der Waals surface area contributed by atoms with Gasteiger partial charge >= 0.3 is 0 Å². The highest BCUT2D eigenvalue weighted by atomic mass is 32.2. The molecule has 0 bridgehead atoms. The molecule has 0 aromatic heterocycles. The second-order valence-corrected chi connectivity index (χ2v) is 10.6. The summed E-state index contributed by atoms with van der Waals surface area (Å²) in [6, 6.07) is 11.5. The summed E-state index contributed by atoms with van der Waals surface area (Å²) < 4.78 is 31.6. The molecule has 1 heterocycles. The highest BCUT2D eigenvalue weighted by Crippen LogP contribution is 2.29. The fourth-order valence-electron chi connectivity index (χ4n) is 3.84. The van der Waals surface area contributed by atoms with E-state index in [9.17, 15) is 18.0 Å². The number of nitrogens with one attached hydrogen (secondary N) is 1. The molecule has 184 valence electrons. The van der Waals surface area contributed by atoms with Crippen molar-refractivity contribution in [3.05, 3.63) is 48.0 Å². The van der Waals surface area contributed by atoms with E-state index in [2.05, 4.69) is 10.2 Å². The predicted octanol–water partition coefficient (Wildman–Crippen LogP) is 2.65. The van der Waals surface area contributed by atoms with Gasteiger partial charge in [-0.05, 0) is 61.7 Å². The number of anilines is 2. The molecule has 1 saturated heterocycles. The monoisotopic (exact) mass is 488 g/mol. The Hall–Kier alpha value is -3.11. The first-order chi connectivity index (χ1) is 16.1. The zero-order valence-electron chi connectivity index (χ0n) is 20.1. The molecule has 1 aliphatic rings.